The molecule has 2 fully saturated rings. The number of fused-ring (bicyclic) bond motifs is 1. The van der Waals surface area contributed by atoms with E-state index < -0.39 is 0 Å². The summed E-state index contributed by atoms with van der Waals surface area (Å²) in [5.41, 5.74) is 0. The Bertz CT molecular complexity index is 673. The number of carbonyl (C=O) groups is 1. The number of piperazine rings is 1. The van der Waals surface area contributed by atoms with E-state index in [4.69, 9.17) is 0 Å². The summed E-state index contributed by atoms with van der Waals surface area (Å²) in [5.74, 6) is 0.151. The van der Waals surface area contributed by atoms with E-state index in [0.717, 1.165) is 55.7 Å². The van der Waals surface area contributed by atoms with E-state index in [1.807, 2.05) is 23.1 Å². The van der Waals surface area contributed by atoms with Crippen LogP contribution in [0.3, 0.4) is 0 Å². The number of amides is 1. The lowest BCUT2D eigenvalue weighted by atomic mass is 10.1. The molecule has 5 heteroatoms. The van der Waals surface area contributed by atoms with Gasteiger partial charge in [-0.2, -0.15) is 0 Å². The number of carbonyl (C=O) groups excluding carboxylic acids is 1. The Morgan fingerprint density at radius 3 is 2.61 bits per heavy atom. The van der Waals surface area contributed by atoms with Gasteiger partial charge in [0.15, 0.2) is 0 Å². The number of aliphatic hydroxyl groups is 1. The molecule has 0 radical (unpaired) electrons. The number of thiophene rings is 1. The van der Waals surface area contributed by atoms with Crippen LogP contribution in [0.4, 0.5) is 0 Å². The molecule has 4 rings (SSSR count). The van der Waals surface area contributed by atoms with Crippen LogP contribution in [0.15, 0.2) is 30.3 Å². The Morgan fingerprint density at radius 1 is 1.13 bits per heavy atom. The molecule has 0 unspecified atom stereocenters. The van der Waals surface area contributed by atoms with Crippen molar-refractivity contribution in [3.05, 3.63) is 35.2 Å². The monoisotopic (exact) mass is 330 g/mol. The van der Waals surface area contributed by atoms with Crippen LogP contribution in [0.1, 0.15) is 28.9 Å². The van der Waals surface area contributed by atoms with E-state index >= 15 is 0 Å². The number of benzene rings is 1. The third kappa shape index (κ3) is 2.89. The Hall–Kier alpha value is -1.43. The van der Waals surface area contributed by atoms with Crippen LogP contribution < -0.4 is 0 Å². The molecule has 2 aliphatic rings. The highest BCUT2D eigenvalue weighted by Gasteiger charge is 2.33. The van der Waals surface area contributed by atoms with Gasteiger partial charge in [-0.15, -0.1) is 11.3 Å². The summed E-state index contributed by atoms with van der Waals surface area (Å²) in [6, 6.07) is 10.5. The van der Waals surface area contributed by atoms with Gasteiger partial charge >= 0.3 is 0 Å². The molecule has 122 valence electrons. The summed E-state index contributed by atoms with van der Waals surface area (Å²) in [5, 5.41) is 11.2. The minimum atomic E-state index is -0.181. The summed E-state index contributed by atoms with van der Waals surface area (Å²) < 4.78 is 1.17. The Morgan fingerprint density at radius 2 is 1.91 bits per heavy atom. The summed E-state index contributed by atoms with van der Waals surface area (Å²) in [7, 11) is 0. The molecule has 4 nitrogen and oxygen atoms in total. The Labute approximate surface area is 140 Å². The molecule has 0 bridgehead atoms. The topological polar surface area (TPSA) is 43.8 Å². The fraction of sp³-hybridized carbons (Fsp3) is 0.500. The predicted octanol–water partition coefficient (Wildman–Crippen LogP) is 2.57. The number of aliphatic hydroxyl groups excluding tert-OH is 1. The molecule has 1 N–H and O–H groups in total. The first-order valence-electron chi connectivity index (χ1n) is 8.42. The molecule has 1 amide bonds. The molecule has 2 heterocycles. The molecule has 1 aromatic carbocycles. The lowest BCUT2D eigenvalue weighted by molar-refractivity contribution is 0.0318. The Balaban J connectivity index is 1.42. The molecular weight excluding hydrogens is 308 g/mol. The van der Waals surface area contributed by atoms with Crippen molar-refractivity contribution in [3.8, 4) is 0 Å². The van der Waals surface area contributed by atoms with E-state index in [0.29, 0.717) is 6.04 Å². The zero-order chi connectivity index (χ0) is 15.8. The van der Waals surface area contributed by atoms with Crippen LogP contribution in [-0.4, -0.2) is 59.1 Å². The Kier molecular flexibility index (Phi) is 4.09. The van der Waals surface area contributed by atoms with Crippen LogP contribution in [0, 0.1) is 0 Å². The lowest BCUT2D eigenvalue weighted by Gasteiger charge is -2.38. The average Bonchev–Trinajstić information content (AvgIpc) is 3.20. The first kappa shape index (κ1) is 15.1. The molecule has 2 aromatic rings. The van der Waals surface area contributed by atoms with Gasteiger partial charge in [-0.25, -0.2) is 0 Å². The van der Waals surface area contributed by atoms with E-state index in [9.17, 15) is 9.90 Å². The van der Waals surface area contributed by atoms with Gasteiger partial charge in [0.1, 0.15) is 0 Å². The highest BCUT2D eigenvalue weighted by molar-refractivity contribution is 7.20. The van der Waals surface area contributed by atoms with Crippen LogP contribution in [-0.2, 0) is 0 Å². The van der Waals surface area contributed by atoms with Gasteiger partial charge in [0.25, 0.3) is 5.91 Å². The van der Waals surface area contributed by atoms with E-state index in [2.05, 4.69) is 17.0 Å². The van der Waals surface area contributed by atoms with Crippen molar-refractivity contribution in [2.24, 2.45) is 0 Å². The second-order valence-electron chi connectivity index (χ2n) is 6.54. The maximum atomic E-state index is 12.7. The van der Waals surface area contributed by atoms with Crippen molar-refractivity contribution < 1.29 is 9.90 Å². The number of hydrogen-bond donors (Lipinski definition) is 1. The molecule has 1 saturated carbocycles. The van der Waals surface area contributed by atoms with Crippen LogP contribution in [0.5, 0.6) is 0 Å². The van der Waals surface area contributed by atoms with Gasteiger partial charge in [-0.1, -0.05) is 18.2 Å². The maximum absolute atomic E-state index is 12.7. The third-order valence-electron chi connectivity index (χ3n) is 5.15. The summed E-state index contributed by atoms with van der Waals surface area (Å²) in [6.07, 6.45) is 2.95. The van der Waals surface area contributed by atoms with Crippen LogP contribution in [0.2, 0.25) is 0 Å². The van der Waals surface area contributed by atoms with Gasteiger partial charge < -0.3 is 10.0 Å². The average molecular weight is 330 g/mol. The number of rotatable bonds is 2. The molecule has 0 spiro atoms. The number of nitrogens with zero attached hydrogens (tertiary/aromatic N) is 2. The zero-order valence-corrected chi connectivity index (χ0v) is 14.0. The molecule has 1 aliphatic heterocycles. The quantitative estimate of drug-likeness (QED) is 0.920. The van der Waals surface area contributed by atoms with Gasteiger partial charge in [0, 0.05) is 36.9 Å². The van der Waals surface area contributed by atoms with E-state index in [1.54, 1.807) is 11.3 Å². The minimum Gasteiger partial charge on any atom is -0.391 e. The smallest absolute Gasteiger partial charge is 0.264 e. The van der Waals surface area contributed by atoms with Crippen molar-refractivity contribution in [3.63, 3.8) is 0 Å². The fourth-order valence-corrected chi connectivity index (χ4v) is 4.88. The van der Waals surface area contributed by atoms with Crippen molar-refractivity contribution in [1.82, 2.24) is 9.80 Å². The van der Waals surface area contributed by atoms with Gasteiger partial charge in [0.2, 0.25) is 0 Å². The SMILES string of the molecule is O=C(c1cc2ccccc2s1)N1CCN([C@@H]2CCC[C@@H]2O)CC1. The van der Waals surface area contributed by atoms with Crippen molar-refractivity contribution in [2.45, 2.75) is 31.4 Å². The largest absolute Gasteiger partial charge is 0.391 e. The first-order chi connectivity index (χ1) is 11.2. The first-order valence-corrected chi connectivity index (χ1v) is 9.24. The zero-order valence-electron chi connectivity index (χ0n) is 13.1. The summed E-state index contributed by atoms with van der Waals surface area (Å²) >= 11 is 1.58. The summed E-state index contributed by atoms with van der Waals surface area (Å²) in [4.78, 5) is 17.9. The second kappa shape index (κ2) is 6.23. The van der Waals surface area contributed by atoms with Gasteiger partial charge in [-0.3, -0.25) is 9.69 Å². The molecule has 1 aromatic heterocycles. The molecule has 1 saturated heterocycles. The standard InChI is InChI=1S/C18H22N2O2S/c21-15-6-3-5-14(15)19-8-10-20(11-9-19)18(22)17-12-13-4-1-2-7-16(13)23-17/h1-2,4,7,12,14-15,21H,3,5-6,8-11H2/t14-,15+/m1/s1. The maximum Gasteiger partial charge on any atom is 0.264 e. The van der Waals surface area contributed by atoms with E-state index in [-0.39, 0.29) is 12.0 Å². The third-order valence-corrected chi connectivity index (χ3v) is 6.25. The molecule has 23 heavy (non-hydrogen) atoms. The highest BCUT2D eigenvalue weighted by atomic mass is 32.1. The second-order valence-corrected chi connectivity index (χ2v) is 7.63. The van der Waals surface area contributed by atoms with Crippen molar-refractivity contribution in [2.75, 3.05) is 26.2 Å². The van der Waals surface area contributed by atoms with Crippen molar-refractivity contribution in [1.29, 1.82) is 0 Å². The minimum absolute atomic E-state index is 0.151. The van der Waals surface area contributed by atoms with Crippen LogP contribution in [0.25, 0.3) is 10.1 Å². The highest BCUT2D eigenvalue weighted by Crippen LogP contribution is 2.28. The fourth-order valence-electron chi connectivity index (χ4n) is 3.85. The molecular formula is C18H22N2O2S. The van der Waals surface area contributed by atoms with Gasteiger partial charge in [0.05, 0.1) is 11.0 Å². The lowest BCUT2D eigenvalue weighted by Crippen LogP contribution is -2.53. The normalized spacial score (nSPS) is 26.0. The van der Waals surface area contributed by atoms with Gasteiger partial charge in [-0.05, 0) is 36.8 Å². The molecule has 2 atom stereocenters. The predicted molar refractivity (Wildman–Crippen MR) is 92.9 cm³/mol. The van der Waals surface area contributed by atoms with Crippen molar-refractivity contribution >= 4 is 27.3 Å². The van der Waals surface area contributed by atoms with E-state index in [1.165, 1.54) is 4.70 Å². The summed E-state index contributed by atoms with van der Waals surface area (Å²) in [6.45, 7) is 3.27. The number of hydrogen-bond acceptors (Lipinski definition) is 4. The van der Waals surface area contributed by atoms with Crippen LogP contribution >= 0.6 is 11.3 Å². The molecule has 1 aliphatic carbocycles.